The first kappa shape index (κ1) is 14.5. The molecule has 0 bridgehead atoms. The minimum absolute atomic E-state index is 0.0938. The maximum atomic E-state index is 14.0. The van der Waals surface area contributed by atoms with E-state index in [0.717, 1.165) is 30.9 Å². The number of hydrogen-bond donors (Lipinski definition) is 1. The first-order valence-corrected chi connectivity index (χ1v) is 7.37. The molecular weight excluding hydrogens is 239 g/mol. The summed E-state index contributed by atoms with van der Waals surface area (Å²) < 4.78 is 14.0. The number of piperidine rings is 1. The lowest BCUT2D eigenvalue weighted by Gasteiger charge is -2.43. The van der Waals surface area contributed by atoms with E-state index < -0.39 is 0 Å². The van der Waals surface area contributed by atoms with Gasteiger partial charge in [-0.05, 0) is 37.8 Å². The third-order valence-corrected chi connectivity index (χ3v) is 4.35. The molecule has 1 aliphatic heterocycles. The SMILES string of the molecule is CCC(c1ccccc1F)N1CCC(C)CC1CN. The van der Waals surface area contributed by atoms with Crippen molar-refractivity contribution in [1.29, 1.82) is 0 Å². The van der Waals surface area contributed by atoms with Gasteiger partial charge in [-0.2, -0.15) is 0 Å². The second kappa shape index (κ2) is 6.49. The van der Waals surface area contributed by atoms with Crippen LogP contribution in [0, 0.1) is 11.7 Å². The largest absolute Gasteiger partial charge is 0.329 e. The number of likely N-dealkylation sites (tertiary alicyclic amines) is 1. The topological polar surface area (TPSA) is 29.3 Å². The van der Waals surface area contributed by atoms with Crippen LogP contribution in [-0.2, 0) is 0 Å². The Kier molecular flexibility index (Phi) is 4.94. The Hall–Kier alpha value is -0.930. The highest BCUT2D eigenvalue weighted by atomic mass is 19.1. The lowest BCUT2D eigenvalue weighted by Crippen LogP contribution is -2.47. The zero-order chi connectivity index (χ0) is 13.8. The van der Waals surface area contributed by atoms with Crippen LogP contribution in [0.4, 0.5) is 4.39 Å². The van der Waals surface area contributed by atoms with Crippen LogP contribution >= 0.6 is 0 Å². The van der Waals surface area contributed by atoms with Gasteiger partial charge < -0.3 is 5.73 Å². The molecule has 1 aliphatic rings. The molecule has 1 aromatic carbocycles. The van der Waals surface area contributed by atoms with Crippen molar-refractivity contribution < 1.29 is 4.39 Å². The molecular formula is C16H25FN2. The Bertz CT molecular complexity index is 407. The van der Waals surface area contributed by atoms with E-state index in [1.54, 1.807) is 12.1 Å². The normalized spacial score (nSPS) is 26.3. The van der Waals surface area contributed by atoms with Crippen LogP contribution in [0.15, 0.2) is 24.3 Å². The summed E-state index contributed by atoms with van der Waals surface area (Å²) in [7, 11) is 0. The number of rotatable bonds is 4. The van der Waals surface area contributed by atoms with Crippen molar-refractivity contribution in [3.05, 3.63) is 35.6 Å². The van der Waals surface area contributed by atoms with Crippen molar-refractivity contribution in [3.8, 4) is 0 Å². The number of nitrogens with zero attached hydrogens (tertiary/aromatic N) is 1. The predicted molar refractivity (Wildman–Crippen MR) is 77.4 cm³/mol. The minimum atomic E-state index is -0.0938. The molecule has 3 unspecified atom stereocenters. The fourth-order valence-corrected chi connectivity index (χ4v) is 3.29. The van der Waals surface area contributed by atoms with Crippen molar-refractivity contribution in [3.63, 3.8) is 0 Å². The molecule has 106 valence electrons. The third-order valence-electron chi connectivity index (χ3n) is 4.35. The number of halogens is 1. The summed E-state index contributed by atoms with van der Waals surface area (Å²) in [4.78, 5) is 2.42. The highest BCUT2D eigenvalue weighted by Gasteiger charge is 2.31. The van der Waals surface area contributed by atoms with E-state index in [9.17, 15) is 4.39 Å². The molecule has 1 aromatic rings. The van der Waals surface area contributed by atoms with Gasteiger partial charge in [0.1, 0.15) is 5.82 Å². The first-order chi connectivity index (χ1) is 9.17. The molecule has 0 spiro atoms. The Labute approximate surface area is 115 Å². The Morgan fingerprint density at radius 3 is 2.79 bits per heavy atom. The molecule has 3 heteroatoms. The minimum Gasteiger partial charge on any atom is -0.329 e. The molecule has 0 aliphatic carbocycles. The van der Waals surface area contributed by atoms with Crippen LogP contribution in [0.25, 0.3) is 0 Å². The Morgan fingerprint density at radius 2 is 2.16 bits per heavy atom. The van der Waals surface area contributed by atoms with Crippen LogP contribution < -0.4 is 5.73 Å². The summed E-state index contributed by atoms with van der Waals surface area (Å²) in [6, 6.07) is 7.68. The van der Waals surface area contributed by atoms with E-state index in [2.05, 4.69) is 18.7 Å². The third kappa shape index (κ3) is 3.15. The van der Waals surface area contributed by atoms with Gasteiger partial charge in [0.15, 0.2) is 0 Å². The fourth-order valence-electron chi connectivity index (χ4n) is 3.29. The molecule has 1 heterocycles. The van der Waals surface area contributed by atoms with Crippen LogP contribution in [0.3, 0.4) is 0 Å². The molecule has 3 atom stereocenters. The molecule has 1 saturated heterocycles. The van der Waals surface area contributed by atoms with Gasteiger partial charge in [0.05, 0.1) is 0 Å². The molecule has 2 rings (SSSR count). The Balaban J connectivity index is 2.23. The molecule has 0 radical (unpaired) electrons. The maximum Gasteiger partial charge on any atom is 0.127 e. The summed E-state index contributed by atoms with van der Waals surface area (Å²) in [5.41, 5.74) is 6.75. The van der Waals surface area contributed by atoms with E-state index in [4.69, 9.17) is 5.73 Å². The van der Waals surface area contributed by atoms with Crippen molar-refractivity contribution >= 4 is 0 Å². The van der Waals surface area contributed by atoms with Crippen LogP contribution in [0.2, 0.25) is 0 Å². The average molecular weight is 264 g/mol. The van der Waals surface area contributed by atoms with Crippen LogP contribution in [-0.4, -0.2) is 24.0 Å². The van der Waals surface area contributed by atoms with Crippen molar-refractivity contribution in [2.24, 2.45) is 11.7 Å². The van der Waals surface area contributed by atoms with Gasteiger partial charge in [-0.25, -0.2) is 4.39 Å². The highest BCUT2D eigenvalue weighted by molar-refractivity contribution is 5.21. The quantitative estimate of drug-likeness (QED) is 0.903. The first-order valence-electron chi connectivity index (χ1n) is 7.37. The molecule has 0 saturated carbocycles. The van der Waals surface area contributed by atoms with Gasteiger partial charge >= 0.3 is 0 Å². The molecule has 0 amide bonds. The lowest BCUT2D eigenvalue weighted by molar-refractivity contribution is 0.0717. The molecule has 2 nitrogen and oxygen atoms in total. The van der Waals surface area contributed by atoms with E-state index in [1.165, 1.54) is 6.42 Å². The summed E-state index contributed by atoms with van der Waals surface area (Å²) in [6.45, 7) is 6.10. The van der Waals surface area contributed by atoms with Gasteiger partial charge in [0, 0.05) is 24.2 Å². The summed E-state index contributed by atoms with van der Waals surface area (Å²) in [6.07, 6.45) is 3.23. The highest BCUT2D eigenvalue weighted by Crippen LogP contribution is 2.33. The molecule has 1 fully saturated rings. The molecule has 19 heavy (non-hydrogen) atoms. The van der Waals surface area contributed by atoms with Crippen molar-refractivity contribution in [2.45, 2.75) is 45.2 Å². The van der Waals surface area contributed by atoms with Crippen molar-refractivity contribution in [1.82, 2.24) is 4.90 Å². The summed E-state index contributed by atoms with van der Waals surface area (Å²) >= 11 is 0. The maximum absolute atomic E-state index is 14.0. The smallest absolute Gasteiger partial charge is 0.127 e. The van der Waals surface area contributed by atoms with E-state index in [0.29, 0.717) is 12.6 Å². The monoisotopic (exact) mass is 264 g/mol. The second-order valence-electron chi connectivity index (χ2n) is 5.70. The molecule has 2 N–H and O–H groups in total. The lowest BCUT2D eigenvalue weighted by atomic mass is 9.89. The van der Waals surface area contributed by atoms with Crippen LogP contribution in [0.5, 0.6) is 0 Å². The van der Waals surface area contributed by atoms with Gasteiger partial charge in [-0.1, -0.05) is 32.0 Å². The molecule has 0 aromatic heterocycles. The summed E-state index contributed by atoms with van der Waals surface area (Å²) in [5.74, 6) is 0.631. The van der Waals surface area contributed by atoms with Gasteiger partial charge in [-0.15, -0.1) is 0 Å². The van der Waals surface area contributed by atoms with Crippen molar-refractivity contribution in [2.75, 3.05) is 13.1 Å². The number of nitrogens with two attached hydrogens (primary N) is 1. The van der Waals surface area contributed by atoms with E-state index in [1.807, 2.05) is 12.1 Å². The van der Waals surface area contributed by atoms with E-state index >= 15 is 0 Å². The van der Waals surface area contributed by atoms with Gasteiger partial charge in [0.2, 0.25) is 0 Å². The average Bonchev–Trinajstić information content (AvgIpc) is 2.43. The number of hydrogen-bond acceptors (Lipinski definition) is 2. The van der Waals surface area contributed by atoms with Crippen LogP contribution in [0.1, 0.15) is 44.7 Å². The summed E-state index contributed by atoms with van der Waals surface area (Å²) in [5, 5.41) is 0. The standard InChI is InChI=1S/C16H25FN2/c1-3-16(14-6-4-5-7-15(14)17)19-9-8-12(2)10-13(19)11-18/h4-7,12-13,16H,3,8-11,18H2,1-2H3. The predicted octanol–water partition coefficient (Wildman–Crippen LogP) is 3.34. The zero-order valence-electron chi connectivity index (χ0n) is 12.0. The number of benzene rings is 1. The van der Waals surface area contributed by atoms with Gasteiger partial charge in [-0.3, -0.25) is 4.90 Å². The zero-order valence-corrected chi connectivity index (χ0v) is 12.0. The fraction of sp³-hybridized carbons (Fsp3) is 0.625. The Morgan fingerprint density at radius 1 is 1.42 bits per heavy atom. The van der Waals surface area contributed by atoms with E-state index in [-0.39, 0.29) is 11.9 Å². The van der Waals surface area contributed by atoms with Gasteiger partial charge in [0.25, 0.3) is 0 Å². The second-order valence-corrected chi connectivity index (χ2v) is 5.70.